The summed E-state index contributed by atoms with van der Waals surface area (Å²) < 4.78 is 32.1. The number of methoxy groups -OCH3 is 1. The van der Waals surface area contributed by atoms with Crippen LogP contribution in [-0.2, 0) is 6.42 Å². The lowest BCUT2D eigenvalue weighted by Crippen LogP contribution is -2.01. The van der Waals surface area contributed by atoms with Crippen molar-refractivity contribution in [3.05, 3.63) is 63.6 Å². The van der Waals surface area contributed by atoms with Gasteiger partial charge in [-0.25, -0.2) is 8.78 Å². The molecule has 0 heterocycles. The molecule has 0 aliphatic heterocycles. The summed E-state index contributed by atoms with van der Waals surface area (Å²) in [7, 11) is 1.46. The fraction of sp³-hybridized carbons (Fsp3) is 0.200. The molecule has 0 saturated carbocycles. The molecule has 106 valence electrons. The summed E-state index contributed by atoms with van der Waals surface area (Å²) in [5.41, 5.74) is 1.43. The van der Waals surface area contributed by atoms with Crippen molar-refractivity contribution in [2.75, 3.05) is 7.11 Å². The normalized spacial score (nSPS) is 12.2. The van der Waals surface area contributed by atoms with Crippen LogP contribution in [-0.4, -0.2) is 7.11 Å². The van der Waals surface area contributed by atoms with Crippen molar-refractivity contribution >= 4 is 27.5 Å². The Morgan fingerprint density at radius 1 is 1.25 bits per heavy atom. The molecule has 0 spiro atoms. The molecule has 0 amide bonds. The molecule has 0 radical (unpaired) electrons. The molecule has 0 aliphatic rings. The molecule has 20 heavy (non-hydrogen) atoms. The van der Waals surface area contributed by atoms with Gasteiger partial charge in [-0.1, -0.05) is 12.1 Å². The van der Waals surface area contributed by atoms with E-state index in [2.05, 4.69) is 15.9 Å². The molecular weight excluding hydrogens is 350 g/mol. The van der Waals surface area contributed by atoms with Crippen LogP contribution in [0.4, 0.5) is 8.78 Å². The maximum absolute atomic E-state index is 13.5. The lowest BCUT2D eigenvalue weighted by Gasteiger charge is -2.15. The smallest absolute Gasteiger partial charge is 0.141 e. The first-order chi connectivity index (χ1) is 9.51. The van der Waals surface area contributed by atoms with E-state index in [4.69, 9.17) is 16.3 Å². The third-order valence-electron chi connectivity index (χ3n) is 2.91. The largest absolute Gasteiger partial charge is 0.496 e. The van der Waals surface area contributed by atoms with Gasteiger partial charge < -0.3 is 4.74 Å². The van der Waals surface area contributed by atoms with E-state index >= 15 is 0 Å². The van der Waals surface area contributed by atoms with Crippen molar-refractivity contribution in [2.24, 2.45) is 0 Å². The molecular formula is C15H12BrClF2O. The minimum Gasteiger partial charge on any atom is -0.496 e. The standard InChI is InChI=1S/C15H12BrClF2O/c1-20-15-8-14(19)12(16)7-11(15)13(17)6-9-3-2-4-10(18)5-9/h2-5,7-8,13H,6H2,1H3. The minimum absolute atomic E-state index is 0.307. The summed E-state index contributed by atoms with van der Waals surface area (Å²) in [6, 6.07) is 9.10. The Balaban J connectivity index is 2.29. The van der Waals surface area contributed by atoms with Crippen LogP contribution in [0.3, 0.4) is 0 Å². The maximum Gasteiger partial charge on any atom is 0.141 e. The summed E-state index contributed by atoms with van der Waals surface area (Å²) >= 11 is 9.48. The molecule has 1 unspecified atom stereocenters. The van der Waals surface area contributed by atoms with Gasteiger partial charge in [-0.2, -0.15) is 0 Å². The van der Waals surface area contributed by atoms with Crippen molar-refractivity contribution in [3.8, 4) is 5.75 Å². The Morgan fingerprint density at radius 3 is 2.65 bits per heavy atom. The molecule has 2 rings (SSSR count). The molecule has 1 nitrogen and oxygen atoms in total. The van der Waals surface area contributed by atoms with Gasteiger partial charge in [0.25, 0.3) is 0 Å². The van der Waals surface area contributed by atoms with Gasteiger partial charge in [0, 0.05) is 11.6 Å². The van der Waals surface area contributed by atoms with Crippen LogP contribution >= 0.6 is 27.5 Å². The van der Waals surface area contributed by atoms with Gasteiger partial charge >= 0.3 is 0 Å². The van der Waals surface area contributed by atoms with E-state index in [0.717, 1.165) is 5.56 Å². The van der Waals surface area contributed by atoms with E-state index in [1.807, 2.05) is 0 Å². The Morgan fingerprint density at radius 2 is 2.00 bits per heavy atom. The van der Waals surface area contributed by atoms with Crippen LogP contribution in [0.15, 0.2) is 40.9 Å². The van der Waals surface area contributed by atoms with Gasteiger partial charge in [-0.15, -0.1) is 11.6 Å². The first-order valence-corrected chi connectivity index (χ1v) is 7.15. The topological polar surface area (TPSA) is 9.23 Å². The van der Waals surface area contributed by atoms with E-state index in [-0.39, 0.29) is 5.82 Å². The van der Waals surface area contributed by atoms with Crippen molar-refractivity contribution in [2.45, 2.75) is 11.8 Å². The maximum atomic E-state index is 13.5. The fourth-order valence-electron chi connectivity index (χ4n) is 1.95. The van der Waals surface area contributed by atoms with Gasteiger partial charge in [0.2, 0.25) is 0 Å². The molecule has 1 atom stereocenters. The number of rotatable bonds is 4. The van der Waals surface area contributed by atoms with E-state index < -0.39 is 11.2 Å². The monoisotopic (exact) mass is 360 g/mol. The Labute approximate surface area is 129 Å². The number of hydrogen-bond donors (Lipinski definition) is 0. The summed E-state index contributed by atoms with van der Waals surface area (Å²) in [6.45, 7) is 0. The van der Waals surface area contributed by atoms with Gasteiger partial charge in [0.05, 0.1) is 17.0 Å². The second kappa shape index (κ2) is 6.55. The predicted octanol–water partition coefficient (Wildman–Crippen LogP) is 5.26. The Kier molecular flexibility index (Phi) is 5.00. The summed E-state index contributed by atoms with van der Waals surface area (Å²) in [4.78, 5) is 0. The summed E-state index contributed by atoms with van der Waals surface area (Å²) in [5, 5.41) is -0.441. The molecule has 0 saturated heterocycles. The SMILES string of the molecule is COc1cc(F)c(Br)cc1C(Cl)Cc1cccc(F)c1. The highest BCUT2D eigenvalue weighted by atomic mass is 79.9. The lowest BCUT2D eigenvalue weighted by molar-refractivity contribution is 0.405. The number of hydrogen-bond acceptors (Lipinski definition) is 1. The van der Waals surface area contributed by atoms with Crippen molar-refractivity contribution in [3.63, 3.8) is 0 Å². The molecule has 0 aliphatic carbocycles. The third kappa shape index (κ3) is 3.49. The first-order valence-electron chi connectivity index (χ1n) is 5.92. The van der Waals surface area contributed by atoms with E-state index in [9.17, 15) is 8.78 Å². The zero-order valence-corrected chi connectivity index (χ0v) is 13.0. The average Bonchev–Trinajstić information content (AvgIpc) is 2.41. The van der Waals surface area contributed by atoms with Crippen LogP contribution < -0.4 is 4.74 Å². The highest BCUT2D eigenvalue weighted by Gasteiger charge is 2.17. The zero-order chi connectivity index (χ0) is 14.7. The van der Waals surface area contributed by atoms with Crippen LogP contribution in [0, 0.1) is 11.6 Å². The minimum atomic E-state index is -0.441. The highest BCUT2D eigenvalue weighted by molar-refractivity contribution is 9.10. The average molecular weight is 362 g/mol. The summed E-state index contributed by atoms with van der Waals surface area (Å²) in [6.07, 6.45) is 0.424. The number of alkyl halides is 1. The van der Waals surface area contributed by atoms with Crippen molar-refractivity contribution < 1.29 is 13.5 Å². The zero-order valence-electron chi connectivity index (χ0n) is 10.7. The molecule has 0 bridgehead atoms. The van der Waals surface area contributed by atoms with Crippen molar-refractivity contribution in [1.82, 2.24) is 0 Å². The lowest BCUT2D eigenvalue weighted by atomic mass is 10.0. The van der Waals surface area contributed by atoms with Gasteiger partial charge in [0.1, 0.15) is 17.4 Å². The highest BCUT2D eigenvalue weighted by Crippen LogP contribution is 2.35. The first kappa shape index (κ1) is 15.3. The predicted molar refractivity (Wildman–Crippen MR) is 79.4 cm³/mol. The third-order valence-corrected chi connectivity index (χ3v) is 3.91. The Hall–Kier alpha value is -1.13. The summed E-state index contributed by atoms with van der Waals surface area (Å²) in [5.74, 6) is -0.346. The molecule has 2 aromatic rings. The molecule has 0 N–H and O–H groups in total. The molecule has 2 aromatic carbocycles. The molecule has 0 aromatic heterocycles. The van der Waals surface area contributed by atoms with Crippen molar-refractivity contribution in [1.29, 1.82) is 0 Å². The van der Waals surface area contributed by atoms with Crippen LogP contribution in [0.5, 0.6) is 5.75 Å². The Bertz CT molecular complexity index is 619. The number of benzene rings is 2. The van der Waals surface area contributed by atoms with E-state index in [0.29, 0.717) is 22.2 Å². The molecule has 5 heteroatoms. The molecule has 0 fully saturated rings. The second-order valence-corrected chi connectivity index (χ2v) is 5.69. The van der Waals surface area contributed by atoms with Crippen LogP contribution in [0.2, 0.25) is 0 Å². The van der Waals surface area contributed by atoms with Gasteiger partial charge in [-0.05, 0) is 46.1 Å². The van der Waals surface area contributed by atoms with Gasteiger partial charge in [0.15, 0.2) is 0 Å². The second-order valence-electron chi connectivity index (χ2n) is 4.31. The van der Waals surface area contributed by atoms with E-state index in [1.165, 1.54) is 25.3 Å². The van der Waals surface area contributed by atoms with Gasteiger partial charge in [-0.3, -0.25) is 0 Å². The number of halogens is 4. The fourth-order valence-corrected chi connectivity index (χ4v) is 2.66. The number of ether oxygens (including phenoxy) is 1. The van der Waals surface area contributed by atoms with Crippen LogP contribution in [0.25, 0.3) is 0 Å². The quantitative estimate of drug-likeness (QED) is 0.675. The van der Waals surface area contributed by atoms with Crippen LogP contribution in [0.1, 0.15) is 16.5 Å². The van der Waals surface area contributed by atoms with E-state index in [1.54, 1.807) is 18.2 Å².